The number of nitrogens with zero attached hydrogens (tertiary/aromatic N) is 2. The Bertz CT molecular complexity index is 749. The van der Waals surface area contributed by atoms with Crippen LogP contribution in [0.15, 0.2) is 48.8 Å². The van der Waals surface area contributed by atoms with Crippen molar-refractivity contribution < 1.29 is 5.11 Å². The molecule has 20 heavy (non-hydrogen) atoms. The Balaban J connectivity index is 2.11. The maximum absolute atomic E-state index is 9.56. The number of aliphatic hydroxyl groups is 1. The van der Waals surface area contributed by atoms with Crippen molar-refractivity contribution in [1.29, 1.82) is 0 Å². The standard InChI is InChI=1S/C17H16N2O/c1-11-9-16-17(19-8-7-18-16)10-15(11)14-5-3-13(4-6-14)12(2)20/h3-10,12,20H,1-2H3. The van der Waals surface area contributed by atoms with Crippen LogP contribution in [0.5, 0.6) is 0 Å². The molecule has 100 valence electrons. The predicted octanol–water partition coefficient (Wildman–Crippen LogP) is 3.66. The zero-order valence-electron chi connectivity index (χ0n) is 11.5. The molecular formula is C17H16N2O. The van der Waals surface area contributed by atoms with Crippen molar-refractivity contribution in [1.82, 2.24) is 9.97 Å². The molecular weight excluding hydrogens is 248 g/mol. The van der Waals surface area contributed by atoms with Gasteiger partial charge in [0.05, 0.1) is 17.1 Å². The average molecular weight is 264 g/mol. The van der Waals surface area contributed by atoms with Gasteiger partial charge in [-0.3, -0.25) is 9.97 Å². The zero-order valence-corrected chi connectivity index (χ0v) is 11.5. The third-order valence-corrected chi connectivity index (χ3v) is 3.52. The lowest BCUT2D eigenvalue weighted by atomic mass is 9.98. The van der Waals surface area contributed by atoms with Crippen LogP contribution in [-0.4, -0.2) is 15.1 Å². The van der Waals surface area contributed by atoms with Crippen LogP contribution >= 0.6 is 0 Å². The topological polar surface area (TPSA) is 46.0 Å². The molecule has 0 radical (unpaired) electrons. The summed E-state index contributed by atoms with van der Waals surface area (Å²) in [6.07, 6.45) is 2.98. The van der Waals surface area contributed by atoms with Gasteiger partial charge in [0, 0.05) is 12.4 Å². The van der Waals surface area contributed by atoms with E-state index in [4.69, 9.17) is 0 Å². The molecule has 0 aliphatic carbocycles. The molecule has 1 N–H and O–H groups in total. The molecule has 2 aromatic carbocycles. The maximum atomic E-state index is 9.56. The molecule has 1 atom stereocenters. The quantitative estimate of drug-likeness (QED) is 0.768. The van der Waals surface area contributed by atoms with Crippen molar-refractivity contribution in [3.8, 4) is 11.1 Å². The molecule has 3 aromatic rings. The molecule has 1 unspecified atom stereocenters. The van der Waals surface area contributed by atoms with Gasteiger partial charge in [-0.1, -0.05) is 24.3 Å². The van der Waals surface area contributed by atoms with E-state index in [-0.39, 0.29) is 0 Å². The van der Waals surface area contributed by atoms with Gasteiger partial charge in [0.1, 0.15) is 0 Å². The first-order chi connectivity index (χ1) is 9.65. The molecule has 0 aliphatic rings. The van der Waals surface area contributed by atoms with Crippen LogP contribution in [0.4, 0.5) is 0 Å². The minimum Gasteiger partial charge on any atom is -0.389 e. The average Bonchev–Trinajstić information content (AvgIpc) is 2.46. The van der Waals surface area contributed by atoms with E-state index in [9.17, 15) is 5.11 Å². The van der Waals surface area contributed by atoms with Gasteiger partial charge in [-0.15, -0.1) is 0 Å². The number of hydrogen-bond acceptors (Lipinski definition) is 3. The van der Waals surface area contributed by atoms with Gasteiger partial charge in [0.15, 0.2) is 0 Å². The van der Waals surface area contributed by atoms with Crippen LogP contribution in [0.3, 0.4) is 0 Å². The summed E-state index contributed by atoms with van der Waals surface area (Å²) in [7, 11) is 0. The molecule has 1 heterocycles. The second-order valence-electron chi connectivity index (χ2n) is 5.01. The molecule has 0 saturated heterocycles. The van der Waals surface area contributed by atoms with Crippen molar-refractivity contribution in [2.45, 2.75) is 20.0 Å². The van der Waals surface area contributed by atoms with E-state index < -0.39 is 6.10 Å². The molecule has 1 aromatic heterocycles. The lowest BCUT2D eigenvalue weighted by molar-refractivity contribution is 0.199. The molecule has 0 bridgehead atoms. The number of hydrogen-bond donors (Lipinski definition) is 1. The third-order valence-electron chi connectivity index (χ3n) is 3.52. The summed E-state index contributed by atoms with van der Waals surface area (Å²) in [5, 5.41) is 9.56. The van der Waals surface area contributed by atoms with Gasteiger partial charge < -0.3 is 5.11 Å². The molecule has 0 saturated carbocycles. The molecule has 0 amide bonds. The number of aryl methyl sites for hydroxylation is 1. The first kappa shape index (κ1) is 12.8. The van der Waals surface area contributed by atoms with Crippen LogP contribution in [0, 0.1) is 6.92 Å². The van der Waals surface area contributed by atoms with Crippen molar-refractivity contribution in [3.05, 3.63) is 59.9 Å². The fourth-order valence-corrected chi connectivity index (χ4v) is 2.37. The van der Waals surface area contributed by atoms with Crippen LogP contribution in [0.2, 0.25) is 0 Å². The Morgan fingerprint density at radius 2 is 1.55 bits per heavy atom. The highest BCUT2D eigenvalue weighted by atomic mass is 16.3. The molecule has 3 heteroatoms. The van der Waals surface area contributed by atoms with Gasteiger partial charge in [-0.25, -0.2) is 0 Å². The Morgan fingerprint density at radius 1 is 0.950 bits per heavy atom. The second-order valence-corrected chi connectivity index (χ2v) is 5.01. The van der Waals surface area contributed by atoms with Crippen LogP contribution in [0.1, 0.15) is 24.2 Å². The molecule has 0 fully saturated rings. The van der Waals surface area contributed by atoms with E-state index in [0.717, 1.165) is 27.7 Å². The number of aromatic nitrogens is 2. The third kappa shape index (κ3) is 2.28. The van der Waals surface area contributed by atoms with Gasteiger partial charge in [-0.2, -0.15) is 0 Å². The normalized spacial score (nSPS) is 12.6. The Hall–Kier alpha value is -2.26. The fraction of sp³-hybridized carbons (Fsp3) is 0.176. The van der Waals surface area contributed by atoms with Crippen LogP contribution in [0.25, 0.3) is 22.2 Å². The summed E-state index contributed by atoms with van der Waals surface area (Å²) < 4.78 is 0. The van der Waals surface area contributed by atoms with E-state index in [1.165, 1.54) is 5.56 Å². The first-order valence-corrected chi connectivity index (χ1v) is 6.65. The SMILES string of the molecule is Cc1cc2nccnc2cc1-c1ccc(C(C)O)cc1. The first-order valence-electron chi connectivity index (χ1n) is 6.65. The van der Waals surface area contributed by atoms with E-state index in [1.54, 1.807) is 19.3 Å². The minimum absolute atomic E-state index is 0.437. The number of aliphatic hydroxyl groups excluding tert-OH is 1. The van der Waals surface area contributed by atoms with E-state index in [0.29, 0.717) is 0 Å². The number of benzene rings is 2. The fourth-order valence-electron chi connectivity index (χ4n) is 2.37. The highest BCUT2D eigenvalue weighted by Crippen LogP contribution is 2.27. The number of fused-ring (bicyclic) bond motifs is 1. The van der Waals surface area contributed by atoms with Crippen molar-refractivity contribution in [2.24, 2.45) is 0 Å². The molecule has 3 nitrogen and oxygen atoms in total. The lowest BCUT2D eigenvalue weighted by Gasteiger charge is -2.10. The summed E-state index contributed by atoms with van der Waals surface area (Å²) in [6.45, 7) is 3.85. The number of rotatable bonds is 2. The molecule has 0 spiro atoms. The minimum atomic E-state index is -0.437. The lowest BCUT2D eigenvalue weighted by Crippen LogP contribution is -1.92. The summed E-state index contributed by atoms with van der Waals surface area (Å²) >= 11 is 0. The van der Waals surface area contributed by atoms with Crippen molar-refractivity contribution >= 4 is 11.0 Å². The van der Waals surface area contributed by atoms with E-state index >= 15 is 0 Å². The summed E-state index contributed by atoms with van der Waals surface area (Å²) in [5.41, 5.74) is 6.17. The zero-order chi connectivity index (χ0) is 14.1. The Labute approximate surface area is 117 Å². The van der Waals surface area contributed by atoms with Crippen molar-refractivity contribution in [3.63, 3.8) is 0 Å². The second kappa shape index (κ2) is 5.02. The maximum Gasteiger partial charge on any atom is 0.0893 e. The Morgan fingerprint density at radius 3 is 2.15 bits per heavy atom. The van der Waals surface area contributed by atoms with E-state index in [1.807, 2.05) is 24.3 Å². The molecule has 3 rings (SSSR count). The van der Waals surface area contributed by atoms with Crippen LogP contribution < -0.4 is 0 Å². The summed E-state index contributed by atoms with van der Waals surface area (Å²) in [5.74, 6) is 0. The highest BCUT2D eigenvalue weighted by molar-refractivity contribution is 5.83. The Kier molecular flexibility index (Phi) is 3.20. The predicted molar refractivity (Wildman–Crippen MR) is 80.3 cm³/mol. The largest absolute Gasteiger partial charge is 0.389 e. The molecule has 0 aliphatic heterocycles. The van der Waals surface area contributed by atoms with Crippen molar-refractivity contribution in [2.75, 3.05) is 0 Å². The van der Waals surface area contributed by atoms with Gasteiger partial charge in [0.25, 0.3) is 0 Å². The van der Waals surface area contributed by atoms with Gasteiger partial charge >= 0.3 is 0 Å². The smallest absolute Gasteiger partial charge is 0.0893 e. The van der Waals surface area contributed by atoms with Gasteiger partial charge in [0.2, 0.25) is 0 Å². The van der Waals surface area contributed by atoms with Gasteiger partial charge in [-0.05, 0) is 48.2 Å². The monoisotopic (exact) mass is 264 g/mol. The van der Waals surface area contributed by atoms with E-state index in [2.05, 4.69) is 29.0 Å². The van der Waals surface area contributed by atoms with Crippen LogP contribution in [-0.2, 0) is 0 Å². The summed E-state index contributed by atoms with van der Waals surface area (Å²) in [6, 6.07) is 12.1. The summed E-state index contributed by atoms with van der Waals surface area (Å²) in [4.78, 5) is 8.67. The highest BCUT2D eigenvalue weighted by Gasteiger charge is 2.07.